The van der Waals surface area contributed by atoms with Gasteiger partial charge in [0.05, 0.1) is 11.0 Å². The molecule has 7 nitrogen and oxygen atoms in total. The van der Waals surface area contributed by atoms with Crippen molar-refractivity contribution < 1.29 is 14.1 Å². The molecule has 0 radical (unpaired) electrons. The number of rotatable bonds is 6. The van der Waals surface area contributed by atoms with Crippen LogP contribution >= 0.6 is 0 Å². The van der Waals surface area contributed by atoms with Crippen LogP contribution in [0.5, 0.6) is 0 Å². The lowest BCUT2D eigenvalue weighted by molar-refractivity contribution is -0.383. The minimum atomic E-state index is -0.637. The second-order valence-corrected chi connectivity index (χ2v) is 5.78. The van der Waals surface area contributed by atoms with Crippen LogP contribution in [0.15, 0.2) is 42.5 Å². The van der Waals surface area contributed by atoms with Crippen LogP contribution in [0.1, 0.15) is 22.0 Å². The Bertz CT molecular complexity index is 795. The van der Waals surface area contributed by atoms with Crippen LogP contribution < -0.4 is 11.1 Å². The van der Waals surface area contributed by atoms with Crippen LogP contribution in [0.3, 0.4) is 0 Å². The van der Waals surface area contributed by atoms with Crippen molar-refractivity contribution in [3.63, 3.8) is 0 Å². The summed E-state index contributed by atoms with van der Waals surface area (Å²) in [5, 5.41) is 13.6. The summed E-state index contributed by atoms with van der Waals surface area (Å²) in [4.78, 5) is 24.4. The predicted molar refractivity (Wildman–Crippen MR) is 92.7 cm³/mol. The van der Waals surface area contributed by atoms with E-state index in [1.807, 2.05) is 19.0 Å². The van der Waals surface area contributed by atoms with Crippen molar-refractivity contribution in [1.29, 1.82) is 0 Å². The van der Waals surface area contributed by atoms with Gasteiger partial charge in [0, 0.05) is 18.2 Å². The number of halogens is 1. The summed E-state index contributed by atoms with van der Waals surface area (Å²) in [7, 11) is 3.63. The van der Waals surface area contributed by atoms with E-state index in [0.29, 0.717) is 5.56 Å². The van der Waals surface area contributed by atoms with Gasteiger partial charge in [-0.15, -0.1) is 0 Å². The standard InChI is InChI=1S/C17H19FN4O3/c1-21(2)16(11-4-3-5-13(18)8-11)10-20-17(23)12-6-7-14(19)15(9-12)22(24)25/h3-9,16H,10,19H2,1-2H3,(H,20,23). The van der Waals surface area contributed by atoms with Crippen molar-refractivity contribution in [3.8, 4) is 0 Å². The van der Waals surface area contributed by atoms with Gasteiger partial charge in [-0.3, -0.25) is 14.9 Å². The van der Waals surface area contributed by atoms with E-state index in [2.05, 4.69) is 5.32 Å². The number of nitrogen functional groups attached to an aromatic ring is 1. The fourth-order valence-electron chi connectivity index (χ4n) is 2.45. The molecule has 2 aromatic rings. The zero-order valence-corrected chi connectivity index (χ0v) is 13.9. The summed E-state index contributed by atoms with van der Waals surface area (Å²) in [6, 6.07) is 9.77. The molecule has 2 aromatic carbocycles. The first-order valence-corrected chi connectivity index (χ1v) is 7.53. The molecule has 2 rings (SSSR count). The summed E-state index contributed by atoms with van der Waals surface area (Å²) < 4.78 is 13.4. The highest BCUT2D eigenvalue weighted by atomic mass is 19.1. The van der Waals surface area contributed by atoms with Crippen molar-refractivity contribution in [2.75, 3.05) is 26.4 Å². The van der Waals surface area contributed by atoms with Crippen molar-refractivity contribution in [1.82, 2.24) is 10.2 Å². The maximum absolute atomic E-state index is 13.4. The third-order valence-corrected chi connectivity index (χ3v) is 3.80. The van der Waals surface area contributed by atoms with E-state index in [1.54, 1.807) is 12.1 Å². The molecule has 0 aliphatic heterocycles. The smallest absolute Gasteiger partial charge is 0.292 e. The van der Waals surface area contributed by atoms with Crippen LogP contribution in [0.2, 0.25) is 0 Å². The highest BCUT2D eigenvalue weighted by Gasteiger charge is 2.19. The fraction of sp³-hybridized carbons (Fsp3) is 0.235. The van der Waals surface area contributed by atoms with Gasteiger partial charge in [-0.25, -0.2) is 4.39 Å². The van der Waals surface area contributed by atoms with Crippen molar-refractivity contribution >= 4 is 17.3 Å². The number of benzene rings is 2. The van der Waals surface area contributed by atoms with Gasteiger partial charge in [0.1, 0.15) is 11.5 Å². The highest BCUT2D eigenvalue weighted by molar-refractivity contribution is 5.95. The quantitative estimate of drug-likeness (QED) is 0.475. The van der Waals surface area contributed by atoms with E-state index >= 15 is 0 Å². The summed E-state index contributed by atoms with van der Waals surface area (Å²) in [5.74, 6) is -0.823. The number of nitrogens with zero attached hydrogens (tertiary/aromatic N) is 2. The van der Waals surface area contributed by atoms with E-state index in [-0.39, 0.29) is 35.3 Å². The Morgan fingerprint density at radius 1 is 1.32 bits per heavy atom. The van der Waals surface area contributed by atoms with E-state index in [9.17, 15) is 19.3 Å². The van der Waals surface area contributed by atoms with Crippen molar-refractivity contribution in [2.45, 2.75) is 6.04 Å². The first-order chi connectivity index (χ1) is 11.8. The topological polar surface area (TPSA) is 102 Å². The number of carbonyl (C=O) groups is 1. The molecule has 3 N–H and O–H groups in total. The molecule has 0 bridgehead atoms. The van der Waals surface area contributed by atoms with Crippen LogP contribution in [0.25, 0.3) is 0 Å². The average Bonchev–Trinajstić information content (AvgIpc) is 2.54. The summed E-state index contributed by atoms with van der Waals surface area (Å²) >= 11 is 0. The number of nitro benzene ring substituents is 1. The molecule has 0 saturated heterocycles. The number of nitro groups is 1. The zero-order chi connectivity index (χ0) is 18.6. The maximum atomic E-state index is 13.4. The van der Waals surface area contributed by atoms with Gasteiger partial charge < -0.3 is 16.0 Å². The molecule has 1 amide bonds. The SMILES string of the molecule is CN(C)C(CNC(=O)c1ccc(N)c([N+](=O)[O-])c1)c1cccc(F)c1. The number of anilines is 1. The Morgan fingerprint density at radius 2 is 2.04 bits per heavy atom. The Morgan fingerprint density at radius 3 is 2.64 bits per heavy atom. The highest BCUT2D eigenvalue weighted by Crippen LogP contribution is 2.23. The molecule has 0 aliphatic rings. The number of likely N-dealkylation sites (N-methyl/N-ethyl adjacent to an activating group) is 1. The van der Waals surface area contributed by atoms with Crippen LogP contribution in [-0.4, -0.2) is 36.4 Å². The van der Waals surface area contributed by atoms with E-state index in [1.165, 1.54) is 24.3 Å². The van der Waals surface area contributed by atoms with Crippen molar-refractivity contribution in [3.05, 3.63) is 69.5 Å². The van der Waals surface area contributed by atoms with Gasteiger partial charge in [-0.2, -0.15) is 0 Å². The Hall–Kier alpha value is -3.00. The lowest BCUT2D eigenvalue weighted by atomic mass is 10.1. The van der Waals surface area contributed by atoms with E-state index in [4.69, 9.17) is 5.73 Å². The van der Waals surface area contributed by atoms with Gasteiger partial charge in [0.15, 0.2) is 0 Å². The van der Waals surface area contributed by atoms with Gasteiger partial charge in [0.2, 0.25) is 0 Å². The molecule has 0 fully saturated rings. The van der Waals surface area contributed by atoms with Gasteiger partial charge >= 0.3 is 0 Å². The predicted octanol–water partition coefficient (Wildman–Crippen LogP) is 2.35. The first kappa shape index (κ1) is 18.3. The molecule has 0 heterocycles. The number of hydrogen-bond donors (Lipinski definition) is 2. The molecular weight excluding hydrogens is 327 g/mol. The Kier molecular flexibility index (Phi) is 5.66. The van der Waals surface area contributed by atoms with Crippen LogP contribution in [0, 0.1) is 15.9 Å². The first-order valence-electron chi connectivity index (χ1n) is 7.53. The lowest BCUT2D eigenvalue weighted by Gasteiger charge is -2.25. The third kappa shape index (κ3) is 4.51. The van der Waals surface area contributed by atoms with Gasteiger partial charge in [0.25, 0.3) is 11.6 Å². The Balaban J connectivity index is 2.14. The van der Waals surface area contributed by atoms with Crippen molar-refractivity contribution in [2.24, 2.45) is 0 Å². The molecule has 1 atom stereocenters. The Labute approximate surface area is 144 Å². The molecule has 0 aliphatic carbocycles. The molecule has 0 aromatic heterocycles. The lowest BCUT2D eigenvalue weighted by Crippen LogP contribution is -2.34. The molecular formula is C17H19FN4O3. The number of hydrogen-bond acceptors (Lipinski definition) is 5. The molecule has 0 spiro atoms. The number of nitrogens with one attached hydrogen (secondary N) is 1. The molecule has 0 saturated carbocycles. The minimum Gasteiger partial charge on any atom is -0.393 e. The zero-order valence-electron chi connectivity index (χ0n) is 13.9. The van der Waals surface area contributed by atoms with Gasteiger partial charge in [-0.05, 0) is 43.9 Å². The van der Waals surface area contributed by atoms with E-state index in [0.717, 1.165) is 6.07 Å². The minimum absolute atomic E-state index is 0.00696. The third-order valence-electron chi connectivity index (χ3n) is 3.80. The number of amides is 1. The molecule has 1 unspecified atom stereocenters. The number of carbonyl (C=O) groups excluding carboxylic acids is 1. The summed E-state index contributed by atoms with van der Waals surface area (Å²) in [6.07, 6.45) is 0. The molecule has 25 heavy (non-hydrogen) atoms. The van der Waals surface area contributed by atoms with Gasteiger partial charge in [-0.1, -0.05) is 12.1 Å². The summed E-state index contributed by atoms with van der Waals surface area (Å²) in [5.41, 5.74) is 6.06. The molecule has 132 valence electrons. The second kappa shape index (κ2) is 7.71. The fourth-order valence-corrected chi connectivity index (χ4v) is 2.45. The monoisotopic (exact) mass is 346 g/mol. The maximum Gasteiger partial charge on any atom is 0.292 e. The summed E-state index contributed by atoms with van der Waals surface area (Å²) in [6.45, 7) is 0.216. The number of nitrogens with two attached hydrogens (primary N) is 1. The molecule has 8 heteroatoms. The van der Waals surface area contributed by atoms with Crippen LogP contribution in [-0.2, 0) is 0 Å². The van der Waals surface area contributed by atoms with E-state index < -0.39 is 10.8 Å². The normalized spacial score (nSPS) is 12.0. The largest absolute Gasteiger partial charge is 0.393 e. The second-order valence-electron chi connectivity index (χ2n) is 5.78. The van der Waals surface area contributed by atoms with Crippen LogP contribution in [0.4, 0.5) is 15.8 Å². The average molecular weight is 346 g/mol.